The molecule has 0 aliphatic heterocycles. The maximum atomic E-state index is 11.8. The summed E-state index contributed by atoms with van der Waals surface area (Å²) < 4.78 is 10.5. The van der Waals surface area contributed by atoms with Gasteiger partial charge in [-0.3, -0.25) is 4.79 Å². The Morgan fingerprint density at radius 2 is 2.00 bits per heavy atom. The van der Waals surface area contributed by atoms with Crippen molar-refractivity contribution >= 4 is 11.6 Å². The number of carbonyl (C=O) groups excluding carboxylic acids is 1. The lowest BCUT2D eigenvalue weighted by atomic mass is 10.2. The van der Waals surface area contributed by atoms with Crippen molar-refractivity contribution in [2.75, 3.05) is 18.5 Å². The third-order valence-electron chi connectivity index (χ3n) is 2.54. The first-order chi connectivity index (χ1) is 10.2. The van der Waals surface area contributed by atoms with Crippen molar-refractivity contribution < 1.29 is 14.3 Å². The number of hydrogen-bond donors (Lipinski definition) is 1. The van der Waals surface area contributed by atoms with Crippen molar-refractivity contribution in [2.45, 2.75) is 13.8 Å². The van der Waals surface area contributed by atoms with Gasteiger partial charge in [0.15, 0.2) is 6.61 Å². The van der Waals surface area contributed by atoms with Crippen molar-refractivity contribution in [2.24, 2.45) is 0 Å². The van der Waals surface area contributed by atoms with E-state index in [1.165, 1.54) is 12.4 Å². The summed E-state index contributed by atoms with van der Waals surface area (Å²) in [5.41, 5.74) is 1.57. The summed E-state index contributed by atoms with van der Waals surface area (Å²) in [7, 11) is 0. The minimum Gasteiger partial charge on any atom is -0.484 e. The number of aromatic nitrogens is 2. The van der Waals surface area contributed by atoms with Crippen LogP contribution in [-0.2, 0) is 4.79 Å². The lowest BCUT2D eigenvalue weighted by Crippen LogP contribution is -2.20. The molecule has 110 valence electrons. The molecule has 0 aliphatic rings. The Morgan fingerprint density at radius 3 is 2.67 bits per heavy atom. The van der Waals surface area contributed by atoms with Gasteiger partial charge >= 0.3 is 6.01 Å². The van der Waals surface area contributed by atoms with E-state index < -0.39 is 0 Å². The predicted molar refractivity (Wildman–Crippen MR) is 78.5 cm³/mol. The second-order valence-electron chi connectivity index (χ2n) is 4.34. The molecule has 0 bridgehead atoms. The Labute approximate surface area is 123 Å². The lowest BCUT2D eigenvalue weighted by molar-refractivity contribution is -0.118. The summed E-state index contributed by atoms with van der Waals surface area (Å²) in [6.45, 7) is 4.23. The number of ether oxygens (including phenoxy) is 2. The molecule has 6 nitrogen and oxygen atoms in total. The number of benzene rings is 1. The highest BCUT2D eigenvalue weighted by atomic mass is 16.5. The van der Waals surface area contributed by atoms with Gasteiger partial charge in [0.2, 0.25) is 0 Å². The van der Waals surface area contributed by atoms with Crippen LogP contribution in [0.3, 0.4) is 0 Å². The van der Waals surface area contributed by atoms with Crippen LogP contribution < -0.4 is 14.8 Å². The van der Waals surface area contributed by atoms with Gasteiger partial charge in [-0.1, -0.05) is 12.1 Å². The Hall–Kier alpha value is -2.63. The molecule has 1 aromatic heterocycles. The highest BCUT2D eigenvalue weighted by Crippen LogP contribution is 2.12. The summed E-state index contributed by atoms with van der Waals surface area (Å²) in [4.78, 5) is 19.7. The molecule has 0 saturated carbocycles. The van der Waals surface area contributed by atoms with E-state index in [2.05, 4.69) is 15.3 Å². The van der Waals surface area contributed by atoms with E-state index in [9.17, 15) is 4.79 Å². The quantitative estimate of drug-likeness (QED) is 0.881. The van der Waals surface area contributed by atoms with Crippen LogP contribution >= 0.6 is 0 Å². The normalized spacial score (nSPS) is 10.0. The molecule has 1 heterocycles. The number of carbonyl (C=O) groups is 1. The SMILES string of the molecule is CCOc1ncc(NC(=O)COc2cccc(C)c2)cn1. The van der Waals surface area contributed by atoms with Gasteiger partial charge in [-0.25, -0.2) is 9.97 Å². The van der Waals surface area contributed by atoms with E-state index in [4.69, 9.17) is 9.47 Å². The summed E-state index contributed by atoms with van der Waals surface area (Å²) in [6.07, 6.45) is 2.98. The van der Waals surface area contributed by atoms with Crippen LogP contribution in [0.5, 0.6) is 11.8 Å². The zero-order valence-corrected chi connectivity index (χ0v) is 12.0. The Balaban J connectivity index is 1.84. The number of nitrogens with one attached hydrogen (secondary N) is 1. The standard InChI is InChI=1S/C15H17N3O3/c1-3-20-15-16-8-12(9-17-15)18-14(19)10-21-13-6-4-5-11(2)7-13/h4-9H,3,10H2,1-2H3,(H,18,19). The second-order valence-corrected chi connectivity index (χ2v) is 4.34. The molecule has 1 N–H and O–H groups in total. The fourth-order valence-electron chi connectivity index (χ4n) is 1.64. The molecule has 0 atom stereocenters. The molecule has 0 radical (unpaired) electrons. The number of nitrogens with zero attached hydrogens (tertiary/aromatic N) is 2. The maximum Gasteiger partial charge on any atom is 0.316 e. The van der Waals surface area contributed by atoms with Gasteiger partial charge < -0.3 is 14.8 Å². The van der Waals surface area contributed by atoms with Gasteiger partial charge in [-0.05, 0) is 31.5 Å². The number of aryl methyl sites for hydroxylation is 1. The lowest BCUT2D eigenvalue weighted by Gasteiger charge is -2.08. The molecule has 2 aromatic rings. The molecule has 2 rings (SSSR count). The van der Waals surface area contributed by atoms with E-state index in [-0.39, 0.29) is 18.5 Å². The van der Waals surface area contributed by atoms with Gasteiger partial charge in [-0.2, -0.15) is 0 Å². The summed E-state index contributed by atoms with van der Waals surface area (Å²) in [6, 6.07) is 7.80. The molecule has 0 saturated heterocycles. The smallest absolute Gasteiger partial charge is 0.316 e. The summed E-state index contributed by atoms with van der Waals surface area (Å²) >= 11 is 0. The van der Waals surface area contributed by atoms with E-state index in [1.807, 2.05) is 32.0 Å². The van der Waals surface area contributed by atoms with Gasteiger partial charge in [0.25, 0.3) is 5.91 Å². The van der Waals surface area contributed by atoms with Crippen LogP contribution in [0, 0.1) is 6.92 Å². The molecular weight excluding hydrogens is 270 g/mol. The highest BCUT2D eigenvalue weighted by molar-refractivity contribution is 5.91. The van der Waals surface area contributed by atoms with Gasteiger partial charge in [0.1, 0.15) is 5.75 Å². The summed E-state index contributed by atoms with van der Waals surface area (Å²) in [5, 5.41) is 2.65. The second kappa shape index (κ2) is 7.23. The fourth-order valence-corrected chi connectivity index (χ4v) is 1.64. The molecule has 0 aliphatic carbocycles. The number of anilines is 1. The Morgan fingerprint density at radius 1 is 1.24 bits per heavy atom. The van der Waals surface area contributed by atoms with Crippen LogP contribution in [0.15, 0.2) is 36.7 Å². The van der Waals surface area contributed by atoms with Crippen molar-refractivity contribution in [3.05, 3.63) is 42.2 Å². The minimum absolute atomic E-state index is 0.0728. The average Bonchev–Trinajstić information content (AvgIpc) is 2.48. The predicted octanol–water partition coefficient (Wildman–Crippen LogP) is 2.20. The molecular formula is C15H17N3O3. The van der Waals surface area contributed by atoms with E-state index in [1.54, 1.807) is 6.07 Å². The topological polar surface area (TPSA) is 73.3 Å². The van der Waals surface area contributed by atoms with Crippen LogP contribution in [0.4, 0.5) is 5.69 Å². The molecule has 0 spiro atoms. The maximum absolute atomic E-state index is 11.8. The molecule has 1 aromatic carbocycles. The molecule has 21 heavy (non-hydrogen) atoms. The zero-order chi connectivity index (χ0) is 15.1. The van der Waals surface area contributed by atoms with E-state index in [0.717, 1.165) is 5.56 Å². The molecule has 1 amide bonds. The van der Waals surface area contributed by atoms with E-state index >= 15 is 0 Å². The summed E-state index contributed by atoms with van der Waals surface area (Å²) in [5.74, 6) is 0.386. The monoisotopic (exact) mass is 287 g/mol. The van der Waals surface area contributed by atoms with Crippen molar-refractivity contribution in [3.8, 4) is 11.8 Å². The van der Waals surface area contributed by atoms with Crippen molar-refractivity contribution in [1.29, 1.82) is 0 Å². The van der Waals surface area contributed by atoms with Crippen LogP contribution in [0.2, 0.25) is 0 Å². The van der Waals surface area contributed by atoms with Gasteiger partial charge in [0.05, 0.1) is 24.7 Å². The number of hydrogen-bond acceptors (Lipinski definition) is 5. The van der Waals surface area contributed by atoms with Gasteiger partial charge in [-0.15, -0.1) is 0 Å². The fraction of sp³-hybridized carbons (Fsp3) is 0.267. The first-order valence-corrected chi connectivity index (χ1v) is 6.61. The minimum atomic E-state index is -0.274. The Kier molecular flexibility index (Phi) is 5.09. The molecule has 0 fully saturated rings. The number of rotatable bonds is 6. The third kappa shape index (κ3) is 4.76. The van der Waals surface area contributed by atoms with Crippen LogP contribution in [0.1, 0.15) is 12.5 Å². The first-order valence-electron chi connectivity index (χ1n) is 6.61. The van der Waals surface area contributed by atoms with Crippen molar-refractivity contribution in [3.63, 3.8) is 0 Å². The van der Waals surface area contributed by atoms with E-state index in [0.29, 0.717) is 18.0 Å². The molecule has 0 unspecified atom stereocenters. The van der Waals surface area contributed by atoms with Crippen LogP contribution in [-0.4, -0.2) is 29.1 Å². The third-order valence-corrected chi connectivity index (χ3v) is 2.54. The van der Waals surface area contributed by atoms with Crippen LogP contribution in [0.25, 0.3) is 0 Å². The largest absolute Gasteiger partial charge is 0.484 e. The van der Waals surface area contributed by atoms with Gasteiger partial charge in [0, 0.05) is 0 Å². The molecule has 6 heteroatoms. The first kappa shape index (κ1) is 14.8. The van der Waals surface area contributed by atoms with Crippen molar-refractivity contribution in [1.82, 2.24) is 9.97 Å². The zero-order valence-electron chi connectivity index (χ0n) is 12.0. The number of amides is 1. The average molecular weight is 287 g/mol. The highest BCUT2D eigenvalue weighted by Gasteiger charge is 2.05. The Bertz CT molecular complexity index is 599.